The van der Waals surface area contributed by atoms with Crippen molar-refractivity contribution in [3.63, 3.8) is 0 Å². The lowest BCUT2D eigenvalue weighted by molar-refractivity contribution is -0.148. The van der Waals surface area contributed by atoms with Gasteiger partial charge in [-0.1, -0.05) is 36.7 Å². The van der Waals surface area contributed by atoms with Crippen LogP contribution in [0.2, 0.25) is 5.02 Å². The standard InChI is InChI=1S/C19H18ClF3N2O2/c1-3-18(13-6-4-5-7-16(13)27-2)14-10-12(20)8-9-15(14)24-17(26)25(18)11-19(21,22)23/h4-10H,3,11H2,1-2H3,(H,24,26). The molecule has 1 N–H and O–H groups in total. The maximum Gasteiger partial charge on any atom is 0.406 e. The van der Waals surface area contributed by atoms with Crippen LogP contribution in [0.15, 0.2) is 42.5 Å². The number of anilines is 1. The van der Waals surface area contributed by atoms with Gasteiger partial charge in [0, 0.05) is 21.8 Å². The van der Waals surface area contributed by atoms with Crippen molar-refractivity contribution in [2.45, 2.75) is 25.1 Å². The first-order valence-electron chi connectivity index (χ1n) is 8.32. The van der Waals surface area contributed by atoms with Crippen molar-refractivity contribution in [3.05, 3.63) is 58.6 Å². The molecule has 0 bridgehead atoms. The van der Waals surface area contributed by atoms with Gasteiger partial charge in [0.2, 0.25) is 0 Å². The molecule has 0 fully saturated rings. The quantitative estimate of drug-likeness (QED) is 0.748. The summed E-state index contributed by atoms with van der Waals surface area (Å²) in [6, 6.07) is 10.7. The lowest BCUT2D eigenvalue weighted by Gasteiger charge is -2.48. The third kappa shape index (κ3) is 3.32. The molecule has 1 atom stereocenters. The van der Waals surface area contributed by atoms with E-state index >= 15 is 0 Å². The Morgan fingerprint density at radius 1 is 1.19 bits per heavy atom. The van der Waals surface area contributed by atoms with Crippen LogP contribution in [0, 0.1) is 0 Å². The van der Waals surface area contributed by atoms with E-state index in [9.17, 15) is 18.0 Å². The highest BCUT2D eigenvalue weighted by Crippen LogP contribution is 2.49. The Kier molecular flexibility index (Phi) is 4.99. The van der Waals surface area contributed by atoms with Gasteiger partial charge >= 0.3 is 12.2 Å². The van der Waals surface area contributed by atoms with Gasteiger partial charge in [-0.15, -0.1) is 0 Å². The van der Waals surface area contributed by atoms with E-state index < -0.39 is 24.3 Å². The third-order valence-corrected chi connectivity index (χ3v) is 5.01. The fourth-order valence-electron chi connectivity index (χ4n) is 3.70. The molecule has 0 saturated heterocycles. The second-order valence-corrected chi connectivity index (χ2v) is 6.67. The van der Waals surface area contributed by atoms with Crippen LogP contribution in [0.3, 0.4) is 0 Å². The number of benzene rings is 2. The maximum absolute atomic E-state index is 13.4. The van der Waals surface area contributed by atoms with E-state index in [-0.39, 0.29) is 6.42 Å². The molecule has 2 amide bonds. The van der Waals surface area contributed by atoms with Crippen LogP contribution in [0.25, 0.3) is 0 Å². The van der Waals surface area contributed by atoms with Crippen LogP contribution in [0.1, 0.15) is 24.5 Å². The number of halogens is 4. The number of amides is 2. The van der Waals surface area contributed by atoms with Gasteiger partial charge in [-0.3, -0.25) is 0 Å². The Hall–Kier alpha value is -2.41. The Labute approximate surface area is 159 Å². The Balaban J connectivity index is 2.36. The minimum atomic E-state index is -4.57. The molecular formula is C19H18ClF3N2O2. The second kappa shape index (κ2) is 6.96. The van der Waals surface area contributed by atoms with E-state index in [1.807, 2.05) is 0 Å². The summed E-state index contributed by atoms with van der Waals surface area (Å²) in [6.07, 6.45) is -4.37. The van der Waals surface area contributed by atoms with E-state index in [1.165, 1.54) is 7.11 Å². The molecule has 8 heteroatoms. The lowest BCUT2D eigenvalue weighted by atomic mass is 9.76. The van der Waals surface area contributed by atoms with Gasteiger partial charge in [0.05, 0.1) is 7.11 Å². The van der Waals surface area contributed by atoms with Crippen molar-refractivity contribution in [1.82, 2.24) is 4.90 Å². The predicted molar refractivity (Wildman–Crippen MR) is 97.3 cm³/mol. The lowest BCUT2D eigenvalue weighted by Crippen LogP contribution is -2.57. The highest BCUT2D eigenvalue weighted by molar-refractivity contribution is 6.30. The largest absolute Gasteiger partial charge is 0.496 e. The average molecular weight is 399 g/mol. The summed E-state index contributed by atoms with van der Waals surface area (Å²) in [5.74, 6) is 0.396. The topological polar surface area (TPSA) is 41.6 Å². The SMILES string of the molecule is CCC1(c2ccccc2OC)c2cc(Cl)ccc2NC(=O)N1CC(F)(F)F. The summed E-state index contributed by atoms with van der Waals surface area (Å²) in [4.78, 5) is 13.5. The number of hydrogen-bond acceptors (Lipinski definition) is 2. The fourth-order valence-corrected chi connectivity index (χ4v) is 3.88. The van der Waals surface area contributed by atoms with Gasteiger partial charge < -0.3 is 15.0 Å². The van der Waals surface area contributed by atoms with Gasteiger partial charge in [-0.25, -0.2) is 4.79 Å². The molecule has 1 unspecified atom stereocenters. The summed E-state index contributed by atoms with van der Waals surface area (Å²) in [5, 5.41) is 2.91. The van der Waals surface area contributed by atoms with E-state index in [0.717, 1.165) is 4.90 Å². The summed E-state index contributed by atoms with van der Waals surface area (Å²) >= 11 is 6.15. The number of hydrogen-bond donors (Lipinski definition) is 1. The number of nitrogens with one attached hydrogen (secondary N) is 1. The monoisotopic (exact) mass is 398 g/mol. The summed E-state index contributed by atoms with van der Waals surface area (Å²) in [7, 11) is 1.44. The number of alkyl halides is 3. The van der Waals surface area contributed by atoms with E-state index in [2.05, 4.69) is 5.32 Å². The zero-order valence-corrected chi connectivity index (χ0v) is 15.5. The highest BCUT2D eigenvalue weighted by atomic mass is 35.5. The molecule has 0 saturated carbocycles. The molecule has 1 aliphatic heterocycles. The van der Waals surface area contributed by atoms with Crippen LogP contribution in [0.5, 0.6) is 5.75 Å². The van der Waals surface area contributed by atoms with E-state index in [1.54, 1.807) is 49.4 Å². The molecule has 144 valence electrons. The van der Waals surface area contributed by atoms with Gasteiger partial charge in [0.15, 0.2) is 0 Å². The Bertz CT molecular complexity index is 872. The van der Waals surface area contributed by atoms with Crippen molar-refractivity contribution < 1.29 is 22.7 Å². The van der Waals surface area contributed by atoms with Gasteiger partial charge in [0.1, 0.15) is 17.8 Å². The number of carbonyl (C=O) groups is 1. The number of rotatable bonds is 4. The number of carbonyl (C=O) groups excluding carboxylic acids is 1. The smallest absolute Gasteiger partial charge is 0.406 e. The van der Waals surface area contributed by atoms with Gasteiger partial charge in [0.25, 0.3) is 0 Å². The molecule has 3 rings (SSSR count). The highest BCUT2D eigenvalue weighted by Gasteiger charge is 2.51. The number of methoxy groups -OCH3 is 1. The average Bonchev–Trinajstić information content (AvgIpc) is 2.62. The second-order valence-electron chi connectivity index (χ2n) is 6.24. The molecule has 2 aromatic carbocycles. The van der Waals surface area contributed by atoms with Crippen LogP contribution in [0.4, 0.5) is 23.7 Å². The van der Waals surface area contributed by atoms with Crippen molar-refractivity contribution in [1.29, 1.82) is 0 Å². The van der Waals surface area contributed by atoms with Crippen molar-refractivity contribution >= 4 is 23.3 Å². The van der Waals surface area contributed by atoms with E-state index in [0.29, 0.717) is 27.6 Å². The Morgan fingerprint density at radius 3 is 2.52 bits per heavy atom. The molecule has 1 aliphatic rings. The number of urea groups is 1. The van der Waals surface area contributed by atoms with E-state index in [4.69, 9.17) is 16.3 Å². The molecule has 0 spiro atoms. The number of para-hydroxylation sites is 1. The van der Waals surface area contributed by atoms with Crippen molar-refractivity contribution in [2.75, 3.05) is 19.0 Å². The fraction of sp³-hybridized carbons (Fsp3) is 0.316. The predicted octanol–water partition coefficient (Wildman–Crippen LogP) is 5.41. The number of fused-ring (bicyclic) bond motifs is 1. The first-order valence-corrected chi connectivity index (χ1v) is 8.69. The zero-order chi connectivity index (χ0) is 19.8. The van der Waals surface area contributed by atoms with Gasteiger partial charge in [-0.05, 0) is 30.7 Å². The molecule has 0 radical (unpaired) electrons. The summed E-state index contributed by atoms with van der Waals surface area (Å²) < 4.78 is 45.5. The van der Waals surface area contributed by atoms with Crippen molar-refractivity contribution in [3.8, 4) is 5.75 Å². The third-order valence-electron chi connectivity index (χ3n) is 4.78. The molecular weight excluding hydrogens is 381 g/mol. The first kappa shape index (κ1) is 19.4. The molecule has 2 aromatic rings. The van der Waals surface area contributed by atoms with Crippen molar-refractivity contribution in [2.24, 2.45) is 0 Å². The summed E-state index contributed by atoms with van der Waals surface area (Å²) in [5.41, 5.74) is 0.00377. The molecule has 0 aromatic heterocycles. The molecule has 4 nitrogen and oxygen atoms in total. The van der Waals surface area contributed by atoms with Crippen LogP contribution < -0.4 is 10.1 Å². The molecule has 27 heavy (non-hydrogen) atoms. The van der Waals surface area contributed by atoms with Crippen LogP contribution in [-0.2, 0) is 5.54 Å². The van der Waals surface area contributed by atoms with Gasteiger partial charge in [-0.2, -0.15) is 13.2 Å². The van der Waals surface area contributed by atoms with Crippen LogP contribution >= 0.6 is 11.6 Å². The normalized spacial score (nSPS) is 19.5. The number of nitrogens with zero attached hydrogens (tertiary/aromatic N) is 1. The molecule has 0 aliphatic carbocycles. The minimum absolute atomic E-state index is 0.199. The van der Waals surface area contributed by atoms with Crippen LogP contribution in [-0.4, -0.2) is 30.8 Å². The zero-order valence-electron chi connectivity index (χ0n) is 14.7. The summed E-state index contributed by atoms with van der Waals surface area (Å²) in [6.45, 7) is 0.329. The number of ether oxygens (including phenoxy) is 1. The Morgan fingerprint density at radius 2 is 1.89 bits per heavy atom. The molecule has 1 heterocycles. The first-order chi connectivity index (χ1) is 12.7. The minimum Gasteiger partial charge on any atom is -0.496 e. The maximum atomic E-state index is 13.4.